The van der Waals surface area contributed by atoms with Crippen LogP contribution in [0, 0.1) is 0 Å². The van der Waals surface area contributed by atoms with Crippen molar-refractivity contribution in [2.75, 3.05) is 11.9 Å². The minimum Gasteiger partial charge on any atom is -0.395 e. The highest BCUT2D eigenvalue weighted by molar-refractivity contribution is 7.82. The number of rotatable bonds is 3. The number of hydrogen-bond acceptors (Lipinski definition) is 6. The first kappa shape index (κ1) is 22.1. The van der Waals surface area contributed by atoms with Gasteiger partial charge in [0.25, 0.3) is 0 Å². The van der Waals surface area contributed by atoms with Gasteiger partial charge in [0.1, 0.15) is 5.01 Å². The topological polar surface area (TPSA) is 101 Å². The van der Waals surface area contributed by atoms with Crippen molar-refractivity contribution in [1.82, 2.24) is 9.97 Å². The van der Waals surface area contributed by atoms with Crippen LogP contribution in [0.2, 0.25) is 0 Å². The van der Waals surface area contributed by atoms with Crippen LogP contribution in [0.1, 0.15) is 68.1 Å². The van der Waals surface area contributed by atoms with Gasteiger partial charge in [-0.05, 0) is 43.2 Å². The Morgan fingerprint density at radius 2 is 2.07 bits per heavy atom. The third-order valence-electron chi connectivity index (χ3n) is 5.68. The first-order chi connectivity index (χ1) is 13.5. The first-order valence-corrected chi connectivity index (χ1v) is 11.2. The minimum absolute atomic E-state index is 0.112. The van der Waals surface area contributed by atoms with E-state index in [1.165, 1.54) is 22.5 Å². The molecule has 0 spiro atoms. The number of aryl methyl sites for hydroxylation is 1. The largest absolute Gasteiger partial charge is 0.395 e. The number of nitrogens with zero attached hydrogens (tertiary/aromatic N) is 2. The lowest BCUT2D eigenvalue weighted by Crippen LogP contribution is -2.22. The maximum absolute atomic E-state index is 11.2. The fraction of sp³-hybridized carbons (Fsp3) is 0.571. The molecule has 0 aliphatic heterocycles. The second kappa shape index (κ2) is 8.24. The molecule has 0 fully saturated rings. The van der Waals surface area contributed by atoms with E-state index in [4.69, 9.17) is 15.8 Å². The summed E-state index contributed by atoms with van der Waals surface area (Å²) in [5.74, 6) is 0. The molecule has 158 valence electrons. The highest BCUT2D eigenvalue weighted by atomic mass is 32.2. The highest BCUT2D eigenvalue weighted by Crippen LogP contribution is 2.44. The predicted octanol–water partition coefficient (Wildman–Crippen LogP) is 3.99. The first-order valence-electron chi connectivity index (χ1n) is 9.93. The van der Waals surface area contributed by atoms with Crippen LogP contribution in [0.4, 0.5) is 10.5 Å². The number of anilines is 1. The normalized spacial score (nSPS) is 16.6. The zero-order valence-corrected chi connectivity index (χ0v) is 19.2. The van der Waals surface area contributed by atoms with Crippen LogP contribution < -0.4 is 11.1 Å². The Labute approximate surface area is 181 Å². The lowest BCUT2D eigenvalue weighted by molar-refractivity contribution is 0.218. The number of hydrogen-bond donors (Lipinski definition) is 4. The lowest BCUT2D eigenvalue weighted by atomic mass is 9.90. The fourth-order valence-electron chi connectivity index (χ4n) is 3.90. The van der Waals surface area contributed by atoms with Crippen molar-refractivity contribution < 1.29 is 9.90 Å². The van der Waals surface area contributed by atoms with Gasteiger partial charge in [-0.1, -0.05) is 27.7 Å². The van der Waals surface area contributed by atoms with E-state index in [2.05, 4.69) is 36.8 Å². The van der Waals surface area contributed by atoms with E-state index in [9.17, 15) is 4.79 Å². The second-order valence-corrected chi connectivity index (χ2v) is 10.8. The molecule has 6 nitrogen and oxygen atoms in total. The van der Waals surface area contributed by atoms with Crippen LogP contribution in [0.15, 0.2) is 10.4 Å². The average Bonchev–Trinajstić information content (AvgIpc) is 3.35. The summed E-state index contributed by atoms with van der Waals surface area (Å²) in [5, 5.41) is 12.8. The van der Waals surface area contributed by atoms with Gasteiger partial charge in [0.05, 0.1) is 28.4 Å². The van der Waals surface area contributed by atoms with Gasteiger partial charge in [-0.25, -0.2) is 9.78 Å². The highest BCUT2D eigenvalue weighted by Gasteiger charge is 2.36. The zero-order chi connectivity index (χ0) is 21.4. The molecule has 29 heavy (non-hydrogen) atoms. The van der Waals surface area contributed by atoms with Gasteiger partial charge in [0, 0.05) is 16.5 Å². The fourth-order valence-corrected chi connectivity index (χ4v) is 4.97. The molecule has 0 radical (unpaired) electrons. The van der Waals surface area contributed by atoms with E-state index in [1.807, 2.05) is 13.8 Å². The number of urea groups is 1. The monoisotopic (exact) mass is 434 g/mol. The molecule has 2 amide bonds. The number of thiol groups is 1. The van der Waals surface area contributed by atoms with Crippen molar-refractivity contribution >= 4 is 35.7 Å². The predicted molar refractivity (Wildman–Crippen MR) is 120 cm³/mol. The van der Waals surface area contributed by atoms with E-state index in [1.54, 1.807) is 6.20 Å². The number of carbonyl (C=O) groups excluding carboxylic acids is 1. The summed E-state index contributed by atoms with van der Waals surface area (Å²) in [4.78, 5) is 20.2. The number of primary amides is 1. The molecule has 0 unspecified atom stereocenters. The Kier molecular flexibility index (Phi) is 6.27. The van der Waals surface area contributed by atoms with Crippen molar-refractivity contribution in [2.24, 2.45) is 5.73 Å². The molecule has 0 saturated heterocycles. The summed E-state index contributed by atoms with van der Waals surface area (Å²) >= 11 is 5.66. The molecule has 4 rings (SSSR count). The lowest BCUT2D eigenvalue weighted by Gasteiger charge is -2.20. The van der Waals surface area contributed by atoms with Gasteiger partial charge in [-0.3, -0.25) is 4.98 Å². The van der Waals surface area contributed by atoms with Crippen LogP contribution in [-0.2, 0) is 30.1 Å². The maximum Gasteiger partial charge on any atom is 0.316 e. The molecule has 2 aliphatic rings. The number of carbonyl (C=O) groups is 1. The van der Waals surface area contributed by atoms with Gasteiger partial charge in [0.2, 0.25) is 0 Å². The Morgan fingerprint density at radius 1 is 1.34 bits per heavy atom. The molecular formula is C21H30N4O2S2. The number of thiazole rings is 1. The summed E-state index contributed by atoms with van der Waals surface area (Å²) in [6.45, 7) is 8.48. The van der Waals surface area contributed by atoms with Crippen molar-refractivity contribution in [3.05, 3.63) is 33.7 Å². The van der Waals surface area contributed by atoms with E-state index in [-0.39, 0.29) is 17.4 Å². The van der Waals surface area contributed by atoms with E-state index >= 15 is 0 Å². The molecule has 2 heterocycles. The van der Waals surface area contributed by atoms with Gasteiger partial charge >= 0.3 is 6.03 Å². The number of aromatic nitrogens is 2. The smallest absolute Gasteiger partial charge is 0.316 e. The maximum atomic E-state index is 11.2. The number of nitrogens with one attached hydrogen (secondary N) is 1. The Morgan fingerprint density at radius 3 is 2.66 bits per heavy atom. The Balaban J connectivity index is 0.000000188. The van der Waals surface area contributed by atoms with Crippen LogP contribution >= 0.6 is 24.0 Å². The number of fused-ring (bicyclic) bond motifs is 2. The minimum atomic E-state index is -0.470. The third kappa shape index (κ3) is 4.59. The van der Waals surface area contributed by atoms with Crippen LogP contribution in [0.3, 0.4) is 0 Å². The molecule has 4 N–H and O–H groups in total. The number of pyridine rings is 1. The molecule has 0 saturated carbocycles. The molecule has 0 aromatic carbocycles. The quantitative estimate of drug-likeness (QED) is 0.549. The van der Waals surface area contributed by atoms with Gasteiger partial charge in [-0.15, -0.1) is 24.0 Å². The molecule has 0 bridgehead atoms. The number of aliphatic hydroxyl groups excluding tert-OH is 1. The van der Waals surface area contributed by atoms with Crippen molar-refractivity contribution in [2.45, 2.75) is 74.8 Å². The molecule has 2 aromatic rings. The molecule has 8 heteroatoms. The van der Waals surface area contributed by atoms with Gasteiger partial charge in [0.15, 0.2) is 0 Å². The summed E-state index contributed by atoms with van der Waals surface area (Å²) in [5.41, 5.74) is 10.9. The van der Waals surface area contributed by atoms with Crippen LogP contribution in [0.5, 0.6) is 0 Å². The average molecular weight is 435 g/mol. The summed E-state index contributed by atoms with van der Waals surface area (Å²) < 4.78 is 0.890. The van der Waals surface area contributed by atoms with Crippen molar-refractivity contribution in [3.63, 3.8) is 0 Å². The molecular weight excluding hydrogens is 404 g/mol. The Hall–Kier alpha value is -1.64. The molecule has 2 aromatic heterocycles. The molecule has 0 atom stereocenters. The summed E-state index contributed by atoms with van der Waals surface area (Å²) in [7, 11) is 0. The third-order valence-corrected chi connectivity index (χ3v) is 7.24. The van der Waals surface area contributed by atoms with Crippen molar-refractivity contribution in [1.29, 1.82) is 0 Å². The standard InChI is InChI=1S/C14H19N3O.C7H11NOS2/c1-14(2)7-6-9-11(17-13(15)18)8-4-3-5-10(8)16-12(9)14;1-7(2,4-9)6-8-3-5(10)11-6/h3-7H2,1-2H3,(H3,15,16,17,18);3,9-10H,4H2,1-2H3. The van der Waals surface area contributed by atoms with E-state index in [0.717, 1.165) is 58.4 Å². The van der Waals surface area contributed by atoms with E-state index in [0.29, 0.717) is 0 Å². The van der Waals surface area contributed by atoms with Gasteiger partial charge in [-0.2, -0.15) is 0 Å². The second-order valence-electron chi connectivity index (χ2n) is 9.01. The summed E-state index contributed by atoms with van der Waals surface area (Å²) in [6, 6.07) is -0.470. The van der Waals surface area contributed by atoms with Crippen LogP contribution in [0.25, 0.3) is 0 Å². The SMILES string of the molecule is CC(C)(CO)c1ncc(S)s1.CC1(C)CCc2c1nc1c(c2NC(N)=O)CCC1. The number of aliphatic hydroxyl groups is 1. The van der Waals surface area contributed by atoms with Gasteiger partial charge < -0.3 is 16.2 Å². The summed E-state index contributed by atoms with van der Waals surface area (Å²) in [6.07, 6.45) is 6.93. The Bertz CT molecular complexity index is 922. The molecule has 2 aliphatic carbocycles. The van der Waals surface area contributed by atoms with Crippen molar-refractivity contribution in [3.8, 4) is 0 Å². The zero-order valence-electron chi connectivity index (χ0n) is 17.5. The number of nitrogens with two attached hydrogens (primary N) is 1. The van der Waals surface area contributed by atoms with Crippen LogP contribution in [-0.4, -0.2) is 27.7 Å². The van der Waals surface area contributed by atoms with E-state index < -0.39 is 6.03 Å². The number of amides is 2.